The number of urea groups is 1. The number of H-pyrrole nitrogens is 1. The van der Waals surface area contributed by atoms with E-state index in [2.05, 4.69) is 20.5 Å². The summed E-state index contributed by atoms with van der Waals surface area (Å²) in [4.78, 5) is 48.2. The van der Waals surface area contributed by atoms with E-state index in [-0.39, 0.29) is 23.7 Å². The van der Waals surface area contributed by atoms with Crippen molar-refractivity contribution in [2.75, 3.05) is 19.6 Å². The van der Waals surface area contributed by atoms with Crippen LogP contribution in [0.15, 0.2) is 47.6 Å². The van der Waals surface area contributed by atoms with Gasteiger partial charge in [0, 0.05) is 49.5 Å². The zero-order valence-electron chi connectivity index (χ0n) is 22.3. The third-order valence-electron chi connectivity index (χ3n) is 8.55. The molecule has 9 heteroatoms. The topological polar surface area (TPSA) is 111 Å². The van der Waals surface area contributed by atoms with E-state index in [1.807, 2.05) is 54.4 Å². The molecule has 1 spiro atoms. The molecule has 2 N–H and O–H groups in total. The first-order valence-corrected chi connectivity index (χ1v) is 13.9. The highest BCUT2D eigenvalue weighted by atomic mass is 16.2. The van der Waals surface area contributed by atoms with Crippen molar-refractivity contribution in [1.29, 1.82) is 0 Å². The van der Waals surface area contributed by atoms with Gasteiger partial charge in [0.25, 0.3) is 0 Å². The molecule has 0 bridgehead atoms. The van der Waals surface area contributed by atoms with Crippen molar-refractivity contribution in [2.45, 2.75) is 63.3 Å². The number of aliphatic imine (C=N–C) groups is 1. The van der Waals surface area contributed by atoms with Gasteiger partial charge in [0.05, 0.1) is 17.4 Å². The number of hydrogen-bond donors (Lipinski definition) is 2. The predicted octanol–water partition coefficient (Wildman–Crippen LogP) is 4.17. The Morgan fingerprint density at radius 2 is 1.95 bits per heavy atom. The number of piperidine rings is 2. The van der Waals surface area contributed by atoms with Crippen LogP contribution >= 0.6 is 0 Å². The van der Waals surface area contributed by atoms with Crippen LogP contribution < -0.4 is 5.32 Å². The summed E-state index contributed by atoms with van der Waals surface area (Å²) in [6.07, 6.45) is 8.61. The molecular formula is C30H34N6O3. The van der Waals surface area contributed by atoms with Crippen molar-refractivity contribution in [2.24, 2.45) is 4.99 Å². The van der Waals surface area contributed by atoms with Gasteiger partial charge in [-0.25, -0.2) is 4.79 Å². The first kappa shape index (κ1) is 25.3. The highest BCUT2D eigenvalue weighted by Gasteiger charge is 2.44. The van der Waals surface area contributed by atoms with Gasteiger partial charge in [-0.3, -0.25) is 24.6 Å². The molecule has 0 aliphatic carbocycles. The van der Waals surface area contributed by atoms with Gasteiger partial charge >= 0.3 is 6.03 Å². The number of likely N-dealkylation sites (tertiary alicyclic amines) is 2. The summed E-state index contributed by atoms with van der Waals surface area (Å²) in [5, 5.41) is 11.1. The monoisotopic (exact) mass is 526 g/mol. The molecule has 39 heavy (non-hydrogen) atoms. The van der Waals surface area contributed by atoms with E-state index in [0.717, 1.165) is 52.5 Å². The highest BCUT2D eigenvalue weighted by molar-refractivity contribution is 5.98. The molecule has 2 fully saturated rings. The van der Waals surface area contributed by atoms with Gasteiger partial charge in [0.15, 0.2) is 0 Å². The first-order chi connectivity index (χ1) is 18.9. The Morgan fingerprint density at radius 1 is 1.13 bits per heavy atom. The molecule has 2 aromatic carbocycles. The lowest BCUT2D eigenvalue weighted by Crippen LogP contribution is -2.57. The van der Waals surface area contributed by atoms with Crippen LogP contribution in [0.5, 0.6) is 0 Å². The number of benzene rings is 2. The lowest BCUT2D eigenvalue weighted by atomic mass is 9.69. The molecule has 202 valence electrons. The number of amides is 4. The van der Waals surface area contributed by atoms with Gasteiger partial charge in [-0.1, -0.05) is 24.3 Å². The molecule has 2 unspecified atom stereocenters. The van der Waals surface area contributed by atoms with E-state index < -0.39 is 12.1 Å². The minimum atomic E-state index is -0.759. The molecule has 9 nitrogen and oxygen atoms in total. The number of fused-ring (bicyclic) bond motifs is 3. The fourth-order valence-corrected chi connectivity index (χ4v) is 6.43. The highest BCUT2D eigenvalue weighted by Crippen LogP contribution is 2.45. The molecule has 2 saturated heterocycles. The fourth-order valence-electron chi connectivity index (χ4n) is 6.43. The molecule has 3 aliphatic heterocycles. The molecular weight excluding hydrogens is 492 g/mol. The smallest absolute Gasteiger partial charge is 0.324 e. The average Bonchev–Trinajstić information content (AvgIpc) is 3.42. The summed E-state index contributed by atoms with van der Waals surface area (Å²) < 4.78 is 0. The summed E-state index contributed by atoms with van der Waals surface area (Å²) in [6.45, 7) is 3.69. The fraction of sp³-hybridized carbons (Fsp3) is 0.433. The maximum Gasteiger partial charge on any atom is 0.324 e. The molecule has 1 aromatic heterocycles. The standard InChI is InChI=1S/C30H34N6O3/c1-20-15-21(16-22-19-32-34-27(20)22)17-25(28(38)35-12-5-2-6-13-35)33-29(39)36-14-10-30(18-26(36)37)9-11-31-24-8-4-3-7-23(24)30/h3-4,7-8,11,15-16,19,25H,2,5-6,9-10,12-14,17-18H2,1H3,(H,32,34)(H,33,39). The van der Waals surface area contributed by atoms with Crippen molar-refractivity contribution >= 4 is 40.7 Å². The van der Waals surface area contributed by atoms with E-state index in [0.29, 0.717) is 38.9 Å². The number of aryl methyl sites for hydroxylation is 1. The van der Waals surface area contributed by atoms with Crippen LogP contribution in [0.2, 0.25) is 0 Å². The summed E-state index contributed by atoms with van der Waals surface area (Å²) in [6, 6.07) is 10.7. The van der Waals surface area contributed by atoms with Crippen LogP contribution in [0.25, 0.3) is 10.9 Å². The van der Waals surface area contributed by atoms with Gasteiger partial charge < -0.3 is 10.2 Å². The number of aromatic nitrogens is 2. The number of para-hydroxylation sites is 1. The Hall–Kier alpha value is -4.01. The SMILES string of the molecule is Cc1cc(CC(NC(=O)N2CCC3(CC=Nc4ccccc43)CC2=O)C(=O)N2CCCCC2)cc2cn[nH]c12. The lowest BCUT2D eigenvalue weighted by Gasteiger charge is -2.42. The van der Waals surface area contributed by atoms with Crippen LogP contribution in [-0.4, -0.2) is 69.7 Å². The summed E-state index contributed by atoms with van der Waals surface area (Å²) in [5.41, 5.74) is 4.56. The molecule has 0 saturated carbocycles. The van der Waals surface area contributed by atoms with Gasteiger partial charge in [0.2, 0.25) is 11.8 Å². The van der Waals surface area contributed by atoms with Gasteiger partial charge in [0.1, 0.15) is 6.04 Å². The minimum absolute atomic E-state index is 0.0914. The van der Waals surface area contributed by atoms with Gasteiger partial charge in [-0.15, -0.1) is 0 Å². The van der Waals surface area contributed by atoms with Crippen LogP contribution in [-0.2, 0) is 21.4 Å². The van der Waals surface area contributed by atoms with Crippen molar-refractivity contribution in [1.82, 2.24) is 25.3 Å². The maximum atomic E-state index is 13.7. The molecule has 3 aliphatic rings. The second kappa shape index (κ2) is 10.3. The second-order valence-corrected chi connectivity index (χ2v) is 11.1. The largest absolute Gasteiger partial charge is 0.341 e. The number of carbonyl (C=O) groups is 3. The van der Waals surface area contributed by atoms with Gasteiger partial charge in [-0.05, 0) is 67.9 Å². The number of imide groups is 1. The Morgan fingerprint density at radius 3 is 2.77 bits per heavy atom. The van der Waals surface area contributed by atoms with Crippen molar-refractivity contribution < 1.29 is 14.4 Å². The number of aromatic amines is 1. The van der Waals surface area contributed by atoms with Crippen LogP contribution in [0.1, 0.15) is 55.2 Å². The van der Waals surface area contributed by atoms with Crippen molar-refractivity contribution in [3.05, 3.63) is 59.3 Å². The zero-order chi connectivity index (χ0) is 27.0. The molecule has 4 heterocycles. The quantitative estimate of drug-likeness (QED) is 0.532. The van der Waals surface area contributed by atoms with Gasteiger partial charge in [-0.2, -0.15) is 5.10 Å². The molecule has 3 aromatic rings. The van der Waals surface area contributed by atoms with Crippen LogP contribution in [0.3, 0.4) is 0 Å². The van der Waals surface area contributed by atoms with E-state index in [1.165, 1.54) is 4.90 Å². The van der Waals surface area contributed by atoms with E-state index >= 15 is 0 Å². The third kappa shape index (κ3) is 4.82. The number of nitrogens with zero attached hydrogens (tertiary/aromatic N) is 4. The zero-order valence-corrected chi connectivity index (χ0v) is 22.3. The van der Waals surface area contributed by atoms with Crippen molar-refractivity contribution in [3.8, 4) is 0 Å². The molecule has 4 amide bonds. The average molecular weight is 527 g/mol. The lowest BCUT2D eigenvalue weighted by molar-refractivity contribution is -0.135. The second-order valence-electron chi connectivity index (χ2n) is 11.1. The number of rotatable bonds is 4. The number of nitrogens with one attached hydrogen (secondary N) is 2. The minimum Gasteiger partial charge on any atom is -0.341 e. The van der Waals surface area contributed by atoms with E-state index in [9.17, 15) is 14.4 Å². The normalized spacial score (nSPS) is 21.7. The van der Waals surface area contributed by atoms with Crippen LogP contribution in [0.4, 0.5) is 10.5 Å². The van der Waals surface area contributed by atoms with E-state index in [4.69, 9.17) is 0 Å². The molecule has 6 rings (SSSR count). The Bertz CT molecular complexity index is 1460. The predicted molar refractivity (Wildman–Crippen MR) is 149 cm³/mol. The van der Waals surface area contributed by atoms with E-state index in [1.54, 1.807) is 6.20 Å². The summed E-state index contributed by atoms with van der Waals surface area (Å²) in [5.74, 6) is -0.310. The Labute approximate surface area is 227 Å². The molecule has 2 atom stereocenters. The first-order valence-electron chi connectivity index (χ1n) is 13.9. The maximum absolute atomic E-state index is 13.7. The summed E-state index contributed by atoms with van der Waals surface area (Å²) >= 11 is 0. The number of carbonyl (C=O) groups excluding carboxylic acids is 3. The number of hydrogen-bond acceptors (Lipinski definition) is 5. The molecule has 0 radical (unpaired) electrons. The third-order valence-corrected chi connectivity index (χ3v) is 8.55. The van der Waals surface area contributed by atoms with Crippen molar-refractivity contribution in [3.63, 3.8) is 0 Å². The Balaban J connectivity index is 1.21. The Kier molecular flexibility index (Phi) is 6.66. The summed E-state index contributed by atoms with van der Waals surface area (Å²) in [7, 11) is 0. The van der Waals surface area contributed by atoms with Crippen LogP contribution in [0, 0.1) is 6.92 Å².